The van der Waals surface area contributed by atoms with Crippen molar-refractivity contribution in [1.82, 2.24) is 4.40 Å². The molecule has 0 N–H and O–H groups in total. The lowest BCUT2D eigenvalue weighted by Crippen LogP contribution is -2.17. The zero-order chi connectivity index (χ0) is 52.7. The van der Waals surface area contributed by atoms with E-state index in [-0.39, 0.29) is 16.2 Å². The summed E-state index contributed by atoms with van der Waals surface area (Å²) in [6.45, 7) is 27.4. The lowest BCUT2D eigenvalue weighted by atomic mass is 9.81. The van der Waals surface area contributed by atoms with Gasteiger partial charge in [-0.3, -0.25) is 0 Å². The lowest BCUT2D eigenvalue weighted by Gasteiger charge is -2.29. The Labute approximate surface area is 449 Å². The Bertz CT molecular complexity index is 4290. The molecule has 2 aromatic heterocycles. The maximum Gasteiger partial charge on any atom is 0.0621 e. The minimum Gasteiger partial charge on any atom is -0.310 e. The third-order valence-corrected chi connectivity index (χ3v) is 17.2. The van der Waals surface area contributed by atoms with Crippen LogP contribution in [-0.4, -0.2) is 4.40 Å². The summed E-state index contributed by atoms with van der Waals surface area (Å²) in [7, 11) is 0. The van der Waals surface area contributed by atoms with Gasteiger partial charge in [0.15, 0.2) is 0 Å². The average molecular weight is 986 g/mol. The van der Waals surface area contributed by atoms with Crippen LogP contribution in [0.4, 0.5) is 34.1 Å². The predicted molar refractivity (Wildman–Crippen MR) is 327 cm³/mol. The highest BCUT2D eigenvalue weighted by atomic mass is 15.1. The van der Waals surface area contributed by atoms with Gasteiger partial charge >= 0.3 is 0 Å². The molecular weight excluding hydrogens is 919 g/mol. The van der Waals surface area contributed by atoms with E-state index in [9.17, 15) is 0 Å². The summed E-state index contributed by atoms with van der Waals surface area (Å²) in [5.41, 5.74) is 26.1. The SMILES string of the molecule is Cc1ccc(N(c2ccc(C(C)(C)C)cc2)c2ccc3c(c2)C(C)(C)c2cc4ccc5c(c4cc2-3)c2cc(-c3ccccc3)cc3c4ccc(N(c6ccc(C(C)(C)C)cc6)c6ccc(C)c(C)c6)cc4n5c32)cc1C. The minimum absolute atomic E-state index is 0.0545. The molecule has 2 heterocycles. The fourth-order valence-electron chi connectivity index (χ4n) is 12.5. The smallest absolute Gasteiger partial charge is 0.0621 e. The molecule has 3 nitrogen and oxygen atoms in total. The summed E-state index contributed by atoms with van der Waals surface area (Å²) in [5, 5.41) is 7.67. The van der Waals surface area contributed by atoms with Gasteiger partial charge in [0, 0.05) is 61.1 Å². The number of anilines is 6. The quantitative estimate of drug-likeness (QED) is 0.158. The van der Waals surface area contributed by atoms with Crippen molar-refractivity contribution >= 4 is 83.0 Å². The second-order valence-electron chi connectivity index (χ2n) is 24.6. The zero-order valence-electron chi connectivity index (χ0n) is 46.2. The first kappa shape index (κ1) is 47.6. The van der Waals surface area contributed by atoms with Gasteiger partial charge in [0.05, 0.1) is 16.6 Å². The highest BCUT2D eigenvalue weighted by molar-refractivity contribution is 6.30. The number of hydrogen-bond donors (Lipinski definition) is 0. The van der Waals surface area contributed by atoms with E-state index < -0.39 is 0 Å². The summed E-state index contributed by atoms with van der Waals surface area (Å²) in [6.07, 6.45) is 0. The van der Waals surface area contributed by atoms with E-state index in [2.05, 4.69) is 285 Å². The van der Waals surface area contributed by atoms with Crippen LogP contribution in [0.1, 0.15) is 99.9 Å². The summed E-state index contributed by atoms with van der Waals surface area (Å²) in [5.74, 6) is 0. The number of hydrogen-bond acceptors (Lipinski definition) is 2. The van der Waals surface area contributed by atoms with Gasteiger partial charge in [-0.15, -0.1) is 0 Å². The molecule has 0 unspecified atom stereocenters. The molecule has 1 aliphatic rings. The molecule has 0 saturated carbocycles. The predicted octanol–water partition coefficient (Wildman–Crippen LogP) is 20.7. The summed E-state index contributed by atoms with van der Waals surface area (Å²) in [6, 6.07) is 72.1. The van der Waals surface area contributed by atoms with Gasteiger partial charge in [-0.2, -0.15) is 0 Å². The zero-order valence-corrected chi connectivity index (χ0v) is 46.2. The average Bonchev–Trinajstić information content (AvgIpc) is 4.17. The monoisotopic (exact) mass is 986 g/mol. The van der Waals surface area contributed by atoms with Crippen LogP contribution in [0, 0.1) is 27.7 Å². The molecule has 76 heavy (non-hydrogen) atoms. The molecule has 0 saturated heterocycles. The van der Waals surface area contributed by atoms with Gasteiger partial charge < -0.3 is 14.2 Å². The third-order valence-electron chi connectivity index (χ3n) is 17.2. The minimum atomic E-state index is -0.230. The van der Waals surface area contributed by atoms with Crippen LogP contribution in [0.5, 0.6) is 0 Å². The standard InChI is InChI=1S/C73H67N3/c1-44-18-25-55(36-46(44)3)74(53-27-21-51(22-28-53)71(5,6)7)57-31-33-59-62-43-61-49(40-65(62)73(11,12)66(59)41-57)20-35-67-69(61)64-39-50(48-16-14-13-15-17-48)38-63-60-34-32-58(42-68(60)76(67)70(63)64)75(56-26-19-45(2)47(4)37-56)54-29-23-52(24-30-54)72(8,9)10/h13-43H,1-12H3. The molecule has 3 heteroatoms. The van der Waals surface area contributed by atoms with Gasteiger partial charge in [-0.1, -0.05) is 140 Å². The summed E-state index contributed by atoms with van der Waals surface area (Å²) in [4.78, 5) is 4.88. The van der Waals surface area contributed by atoms with Crippen LogP contribution in [0.25, 0.3) is 71.1 Å². The molecule has 374 valence electrons. The topological polar surface area (TPSA) is 10.9 Å². The highest BCUT2D eigenvalue weighted by Crippen LogP contribution is 2.54. The second kappa shape index (κ2) is 16.9. The van der Waals surface area contributed by atoms with Gasteiger partial charge in [0.2, 0.25) is 0 Å². The molecule has 0 atom stereocenters. The van der Waals surface area contributed by atoms with E-state index in [1.165, 1.54) is 127 Å². The molecule has 13 rings (SSSR count). The fraction of sp³-hybridized carbons (Fsp3) is 0.205. The molecule has 0 aliphatic heterocycles. The molecule has 0 spiro atoms. The van der Waals surface area contributed by atoms with Crippen LogP contribution in [0.15, 0.2) is 188 Å². The van der Waals surface area contributed by atoms with Gasteiger partial charge in [-0.05, 0) is 219 Å². The lowest BCUT2D eigenvalue weighted by molar-refractivity contribution is 0.590. The van der Waals surface area contributed by atoms with Gasteiger partial charge in [0.25, 0.3) is 0 Å². The van der Waals surface area contributed by atoms with Crippen LogP contribution in [0.3, 0.4) is 0 Å². The number of aromatic nitrogens is 1. The van der Waals surface area contributed by atoms with E-state index in [4.69, 9.17) is 0 Å². The van der Waals surface area contributed by atoms with Crippen molar-refractivity contribution in [3.8, 4) is 22.3 Å². The van der Waals surface area contributed by atoms with Crippen molar-refractivity contribution in [2.75, 3.05) is 9.80 Å². The Balaban J connectivity index is 1.02. The second-order valence-corrected chi connectivity index (χ2v) is 24.6. The van der Waals surface area contributed by atoms with E-state index in [1.807, 2.05) is 0 Å². The molecule has 10 aromatic carbocycles. The van der Waals surface area contributed by atoms with Gasteiger partial charge in [0.1, 0.15) is 0 Å². The van der Waals surface area contributed by atoms with Crippen LogP contribution in [0.2, 0.25) is 0 Å². The van der Waals surface area contributed by atoms with Gasteiger partial charge in [-0.25, -0.2) is 0 Å². The number of nitrogens with zero attached hydrogens (tertiary/aromatic N) is 3. The summed E-state index contributed by atoms with van der Waals surface area (Å²) < 4.78 is 2.57. The summed E-state index contributed by atoms with van der Waals surface area (Å²) >= 11 is 0. The number of rotatable bonds is 7. The van der Waals surface area contributed by atoms with Crippen LogP contribution >= 0.6 is 0 Å². The van der Waals surface area contributed by atoms with Crippen molar-refractivity contribution in [3.05, 3.63) is 233 Å². The van der Waals surface area contributed by atoms with Crippen molar-refractivity contribution < 1.29 is 0 Å². The Hall–Kier alpha value is -8.14. The van der Waals surface area contributed by atoms with Crippen LogP contribution in [-0.2, 0) is 16.2 Å². The first-order chi connectivity index (χ1) is 36.3. The van der Waals surface area contributed by atoms with Crippen molar-refractivity contribution in [2.24, 2.45) is 0 Å². The third kappa shape index (κ3) is 7.45. The maximum absolute atomic E-state index is 2.57. The Kier molecular flexibility index (Phi) is 10.6. The highest BCUT2D eigenvalue weighted by Gasteiger charge is 2.37. The van der Waals surface area contributed by atoms with E-state index in [0.717, 1.165) is 22.7 Å². The number of aryl methyl sites for hydroxylation is 4. The first-order valence-electron chi connectivity index (χ1n) is 27.2. The molecule has 1 aliphatic carbocycles. The van der Waals surface area contributed by atoms with E-state index >= 15 is 0 Å². The van der Waals surface area contributed by atoms with E-state index in [0.29, 0.717) is 0 Å². The fourth-order valence-corrected chi connectivity index (χ4v) is 12.5. The van der Waals surface area contributed by atoms with Crippen LogP contribution < -0.4 is 9.80 Å². The Morgan fingerprint density at radius 1 is 0.368 bits per heavy atom. The molecule has 0 bridgehead atoms. The Morgan fingerprint density at radius 3 is 1.46 bits per heavy atom. The normalized spacial score (nSPS) is 13.4. The number of benzene rings is 10. The molecule has 0 amide bonds. The van der Waals surface area contributed by atoms with E-state index in [1.54, 1.807) is 0 Å². The van der Waals surface area contributed by atoms with Crippen molar-refractivity contribution in [1.29, 1.82) is 0 Å². The largest absolute Gasteiger partial charge is 0.310 e. The molecule has 0 fully saturated rings. The number of fused-ring (bicyclic) bond motifs is 11. The first-order valence-corrected chi connectivity index (χ1v) is 27.2. The van der Waals surface area contributed by atoms with Crippen molar-refractivity contribution in [2.45, 2.75) is 99.3 Å². The molecule has 0 radical (unpaired) electrons. The Morgan fingerprint density at radius 2 is 0.882 bits per heavy atom. The molecule has 12 aromatic rings. The maximum atomic E-state index is 2.57. The van der Waals surface area contributed by atoms with Crippen molar-refractivity contribution in [3.63, 3.8) is 0 Å². The molecular formula is C73H67N3.